The van der Waals surface area contributed by atoms with Crippen LogP contribution >= 0.6 is 0 Å². The van der Waals surface area contributed by atoms with Crippen LogP contribution in [0.15, 0.2) is 0 Å². The third kappa shape index (κ3) is 4.56. The molecule has 4 nitrogen and oxygen atoms in total. The van der Waals surface area contributed by atoms with E-state index in [1.807, 2.05) is 0 Å². The lowest BCUT2D eigenvalue weighted by atomic mass is 9.87. The fourth-order valence-electron chi connectivity index (χ4n) is 2.47. The highest BCUT2D eigenvalue weighted by Crippen LogP contribution is 2.24. The van der Waals surface area contributed by atoms with E-state index in [1.165, 1.54) is 19.3 Å². The van der Waals surface area contributed by atoms with Crippen LogP contribution in [0, 0.1) is 5.92 Å². The van der Waals surface area contributed by atoms with Crippen molar-refractivity contribution >= 4 is 10.0 Å². The van der Waals surface area contributed by atoms with E-state index in [4.69, 9.17) is 0 Å². The van der Waals surface area contributed by atoms with Gasteiger partial charge in [-0.25, -0.2) is 13.1 Å². The van der Waals surface area contributed by atoms with Gasteiger partial charge in [-0.1, -0.05) is 19.8 Å². The molecule has 2 fully saturated rings. The van der Waals surface area contributed by atoms with Crippen molar-refractivity contribution in [1.82, 2.24) is 10.0 Å². The molecule has 0 amide bonds. The van der Waals surface area contributed by atoms with Crippen molar-refractivity contribution in [2.75, 3.05) is 12.3 Å². The first-order valence-corrected chi connectivity index (χ1v) is 8.45. The second-order valence-corrected chi connectivity index (χ2v) is 7.41. The van der Waals surface area contributed by atoms with E-state index in [0.717, 1.165) is 19.3 Å². The molecule has 2 atom stereocenters. The van der Waals surface area contributed by atoms with Gasteiger partial charge in [0.25, 0.3) is 0 Å². The highest BCUT2D eigenvalue weighted by Gasteiger charge is 2.26. The van der Waals surface area contributed by atoms with E-state index in [2.05, 4.69) is 17.0 Å². The molecule has 2 saturated carbocycles. The van der Waals surface area contributed by atoms with Gasteiger partial charge in [0.1, 0.15) is 0 Å². The molecule has 0 aromatic heterocycles. The molecule has 17 heavy (non-hydrogen) atoms. The SMILES string of the molecule is CC1CCCCC1NS(=O)(=O)CCNC1CC1. The molecule has 0 radical (unpaired) electrons. The van der Waals surface area contributed by atoms with Crippen LogP contribution in [0.4, 0.5) is 0 Å². The molecule has 0 aromatic rings. The van der Waals surface area contributed by atoms with E-state index in [9.17, 15) is 8.42 Å². The van der Waals surface area contributed by atoms with E-state index in [0.29, 0.717) is 18.5 Å². The maximum atomic E-state index is 11.9. The van der Waals surface area contributed by atoms with Gasteiger partial charge in [0.15, 0.2) is 0 Å². The Bertz CT molecular complexity index is 338. The molecule has 2 unspecified atom stereocenters. The lowest BCUT2D eigenvalue weighted by Gasteiger charge is -2.29. The van der Waals surface area contributed by atoms with Gasteiger partial charge in [-0.15, -0.1) is 0 Å². The summed E-state index contributed by atoms with van der Waals surface area (Å²) >= 11 is 0. The minimum absolute atomic E-state index is 0.162. The van der Waals surface area contributed by atoms with Crippen LogP contribution in [-0.4, -0.2) is 32.8 Å². The molecule has 0 aliphatic heterocycles. The second kappa shape index (κ2) is 5.67. The molecule has 5 heteroatoms. The lowest BCUT2D eigenvalue weighted by Crippen LogP contribution is -2.43. The zero-order valence-corrected chi connectivity index (χ0v) is 11.4. The number of sulfonamides is 1. The third-order valence-corrected chi connectivity index (χ3v) is 5.23. The van der Waals surface area contributed by atoms with Crippen molar-refractivity contribution in [3.05, 3.63) is 0 Å². The second-order valence-electron chi connectivity index (χ2n) is 5.53. The molecular formula is C12H24N2O2S. The van der Waals surface area contributed by atoms with Gasteiger partial charge in [-0.05, 0) is 31.6 Å². The standard InChI is InChI=1S/C12H24N2O2S/c1-10-4-2-3-5-12(10)14-17(15,16)9-8-13-11-6-7-11/h10-14H,2-9H2,1H3. The summed E-state index contributed by atoms with van der Waals surface area (Å²) in [6, 6.07) is 0.744. The third-order valence-electron chi connectivity index (χ3n) is 3.82. The number of hydrogen-bond acceptors (Lipinski definition) is 3. The predicted molar refractivity (Wildman–Crippen MR) is 69.4 cm³/mol. The van der Waals surface area contributed by atoms with Crippen LogP contribution in [0.3, 0.4) is 0 Å². The average molecular weight is 260 g/mol. The normalized spacial score (nSPS) is 30.4. The van der Waals surface area contributed by atoms with Gasteiger partial charge < -0.3 is 5.32 Å². The van der Waals surface area contributed by atoms with Crippen molar-refractivity contribution in [3.63, 3.8) is 0 Å². The summed E-state index contributed by atoms with van der Waals surface area (Å²) in [4.78, 5) is 0. The first kappa shape index (κ1) is 13.3. The summed E-state index contributed by atoms with van der Waals surface area (Å²) in [6.45, 7) is 2.73. The lowest BCUT2D eigenvalue weighted by molar-refractivity contribution is 0.310. The molecule has 0 bridgehead atoms. The predicted octanol–water partition coefficient (Wildman–Crippen LogP) is 1.24. The van der Waals surface area contributed by atoms with Gasteiger partial charge in [0, 0.05) is 18.6 Å². The Morgan fingerprint density at radius 1 is 1.12 bits per heavy atom. The maximum Gasteiger partial charge on any atom is 0.213 e. The summed E-state index contributed by atoms with van der Waals surface area (Å²) < 4.78 is 26.7. The Kier molecular flexibility index (Phi) is 4.44. The molecule has 0 saturated heterocycles. The smallest absolute Gasteiger partial charge is 0.213 e. The van der Waals surface area contributed by atoms with Crippen LogP contribution in [0.5, 0.6) is 0 Å². The molecule has 100 valence electrons. The molecule has 2 rings (SSSR count). The molecule has 2 aliphatic rings. The van der Waals surface area contributed by atoms with Crippen LogP contribution in [-0.2, 0) is 10.0 Å². The Balaban J connectivity index is 1.74. The fourth-order valence-corrected chi connectivity index (χ4v) is 3.78. The maximum absolute atomic E-state index is 11.9. The topological polar surface area (TPSA) is 58.2 Å². The van der Waals surface area contributed by atoms with Gasteiger partial charge in [-0.3, -0.25) is 0 Å². The Labute approximate surface area is 105 Å². The van der Waals surface area contributed by atoms with Crippen molar-refractivity contribution in [1.29, 1.82) is 0 Å². The highest BCUT2D eigenvalue weighted by atomic mass is 32.2. The summed E-state index contributed by atoms with van der Waals surface area (Å²) in [5.41, 5.74) is 0. The van der Waals surface area contributed by atoms with Gasteiger partial charge in [-0.2, -0.15) is 0 Å². The summed E-state index contributed by atoms with van der Waals surface area (Å²) in [5, 5.41) is 3.24. The van der Waals surface area contributed by atoms with E-state index in [1.54, 1.807) is 0 Å². The van der Waals surface area contributed by atoms with E-state index >= 15 is 0 Å². The Morgan fingerprint density at radius 2 is 1.82 bits per heavy atom. The zero-order chi connectivity index (χ0) is 12.3. The van der Waals surface area contributed by atoms with Crippen LogP contribution < -0.4 is 10.0 Å². The number of rotatable bonds is 6. The Morgan fingerprint density at radius 3 is 2.47 bits per heavy atom. The first-order valence-electron chi connectivity index (χ1n) is 6.80. The van der Waals surface area contributed by atoms with Crippen molar-refractivity contribution < 1.29 is 8.42 Å². The van der Waals surface area contributed by atoms with E-state index < -0.39 is 10.0 Å². The number of hydrogen-bond donors (Lipinski definition) is 2. The molecule has 0 heterocycles. The van der Waals surface area contributed by atoms with Gasteiger partial charge in [0.05, 0.1) is 5.75 Å². The summed E-state index contributed by atoms with van der Waals surface area (Å²) in [7, 11) is -3.09. The van der Waals surface area contributed by atoms with Crippen LogP contribution in [0.2, 0.25) is 0 Å². The minimum Gasteiger partial charge on any atom is -0.313 e. The summed E-state index contributed by atoms with van der Waals surface area (Å²) in [6.07, 6.45) is 6.94. The quantitative estimate of drug-likeness (QED) is 0.755. The summed E-state index contributed by atoms with van der Waals surface area (Å²) in [5.74, 6) is 0.696. The van der Waals surface area contributed by atoms with Crippen LogP contribution in [0.1, 0.15) is 45.4 Å². The van der Waals surface area contributed by atoms with Crippen molar-refractivity contribution in [3.8, 4) is 0 Å². The van der Waals surface area contributed by atoms with Crippen molar-refractivity contribution in [2.45, 2.75) is 57.5 Å². The van der Waals surface area contributed by atoms with E-state index in [-0.39, 0.29) is 11.8 Å². The molecule has 2 aliphatic carbocycles. The largest absolute Gasteiger partial charge is 0.313 e. The first-order chi connectivity index (χ1) is 8.07. The minimum atomic E-state index is -3.09. The van der Waals surface area contributed by atoms with Gasteiger partial charge in [0.2, 0.25) is 10.0 Å². The van der Waals surface area contributed by atoms with Crippen LogP contribution in [0.25, 0.3) is 0 Å². The molecular weight excluding hydrogens is 236 g/mol. The molecule has 0 aromatic carbocycles. The fraction of sp³-hybridized carbons (Fsp3) is 1.00. The number of nitrogens with one attached hydrogen (secondary N) is 2. The van der Waals surface area contributed by atoms with Crippen molar-refractivity contribution in [2.24, 2.45) is 5.92 Å². The Hall–Kier alpha value is -0.130. The highest BCUT2D eigenvalue weighted by molar-refractivity contribution is 7.89. The average Bonchev–Trinajstić information content (AvgIpc) is 3.05. The zero-order valence-electron chi connectivity index (χ0n) is 10.6. The monoisotopic (exact) mass is 260 g/mol. The van der Waals surface area contributed by atoms with Gasteiger partial charge >= 0.3 is 0 Å². The molecule has 0 spiro atoms. The molecule has 2 N–H and O–H groups in total.